The molecule has 0 unspecified atom stereocenters. The van der Waals surface area contributed by atoms with Crippen molar-refractivity contribution >= 4 is 27.5 Å². The monoisotopic (exact) mass is 271 g/mol. The quantitative estimate of drug-likeness (QED) is 0.790. The van der Waals surface area contributed by atoms with Crippen molar-refractivity contribution in [1.82, 2.24) is 9.97 Å². The van der Waals surface area contributed by atoms with E-state index in [1.807, 2.05) is 41.8 Å². The van der Waals surface area contributed by atoms with Gasteiger partial charge in [0.25, 0.3) is 0 Å². The average molecular weight is 271 g/mol. The first-order chi connectivity index (χ1) is 9.36. The molecule has 0 aliphatic rings. The minimum absolute atomic E-state index is 0.506. The number of thiophene rings is 1. The zero-order chi connectivity index (χ0) is 13.1. The van der Waals surface area contributed by atoms with E-state index in [0.29, 0.717) is 18.4 Å². The van der Waals surface area contributed by atoms with Gasteiger partial charge in [0.2, 0.25) is 11.8 Å². The lowest BCUT2D eigenvalue weighted by Gasteiger charge is -2.08. The van der Waals surface area contributed by atoms with Crippen LogP contribution >= 0.6 is 11.3 Å². The van der Waals surface area contributed by atoms with Gasteiger partial charge in [-0.15, -0.1) is 11.3 Å². The lowest BCUT2D eigenvalue weighted by Crippen LogP contribution is -2.01. The summed E-state index contributed by atoms with van der Waals surface area (Å²) in [7, 11) is 1.80. The van der Waals surface area contributed by atoms with Crippen LogP contribution in [0.5, 0.6) is 5.88 Å². The SMILES string of the molecule is CNc1nc(OCc2ccccc2)c2ccsc2n1. The van der Waals surface area contributed by atoms with Gasteiger partial charge < -0.3 is 10.1 Å². The van der Waals surface area contributed by atoms with Crippen LogP contribution in [0.3, 0.4) is 0 Å². The lowest BCUT2D eigenvalue weighted by atomic mass is 10.2. The van der Waals surface area contributed by atoms with Crippen LogP contribution in [0.25, 0.3) is 10.2 Å². The fourth-order valence-electron chi connectivity index (χ4n) is 1.78. The number of aromatic nitrogens is 2. The third-order valence-corrected chi connectivity index (χ3v) is 3.54. The number of hydrogen-bond acceptors (Lipinski definition) is 5. The van der Waals surface area contributed by atoms with E-state index in [2.05, 4.69) is 15.3 Å². The number of ether oxygens (including phenoxy) is 1. The molecular formula is C14H13N3OS. The highest BCUT2D eigenvalue weighted by molar-refractivity contribution is 7.16. The summed E-state index contributed by atoms with van der Waals surface area (Å²) in [5.74, 6) is 1.21. The number of benzene rings is 1. The van der Waals surface area contributed by atoms with Crippen molar-refractivity contribution in [1.29, 1.82) is 0 Å². The van der Waals surface area contributed by atoms with Gasteiger partial charge in [0.05, 0.1) is 5.39 Å². The van der Waals surface area contributed by atoms with E-state index in [9.17, 15) is 0 Å². The molecule has 0 amide bonds. The number of anilines is 1. The Labute approximate surface area is 115 Å². The third kappa shape index (κ3) is 2.51. The van der Waals surface area contributed by atoms with Gasteiger partial charge in [-0.3, -0.25) is 0 Å². The third-order valence-electron chi connectivity index (χ3n) is 2.73. The molecule has 0 bridgehead atoms. The summed E-state index contributed by atoms with van der Waals surface area (Å²) < 4.78 is 5.82. The fraction of sp³-hybridized carbons (Fsp3) is 0.143. The minimum Gasteiger partial charge on any atom is -0.472 e. The van der Waals surface area contributed by atoms with Gasteiger partial charge >= 0.3 is 0 Å². The van der Waals surface area contributed by atoms with Crippen molar-refractivity contribution in [2.24, 2.45) is 0 Å². The molecule has 1 aromatic carbocycles. The Balaban J connectivity index is 1.89. The van der Waals surface area contributed by atoms with Crippen molar-refractivity contribution in [2.75, 3.05) is 12.4 Å². The summed E-state index contributed by atoms with van der Waals surface area (Å²) in [6, 6.07) is 12.0. The molecule has 3 aromatic rings. The number of rotatable bonds is 4. The van der Waals surface area contributed by atoms with Crippen LogP contribution < -0.4 is 10.1 Å². The summed E-state index contributed by atoms with van der Waals surface area (Å²) in [5, 5.41) is 5.90. The molecular weight excluding hydrogens is 258 g/mol. The molecule has 0 radical (unpaired) electrons. The van der Waals surface area contributed by atoms with Gasteiger partial charge in [-0.25, -0.2) is 4.98 Å². The summed E-state index contributed by atoms with van der Waals surface area (Å²) >= 11 is 1.58. The first-order valence-electron chi connectivity index (χ1n) is 5.96. The molecule has 2 heterocycles. The summed E-state index contributed by atoms with van der Waals surface area (Å²) in [6.07, 6.45) is 0. The molecule has 0 fully saturated rings. The smallest absolute Gasteiger partial charge is 0.227 e. The number of fused-ring (bicyclic) bond motifs is 1. The second-order valence-electron chi connectivity index (χ2n) is 4.02. The summed E-state index contributed by atoms with van der Waals surface area (Å²) in [5.41, 5.74) is 1.12. The highest BCUT2D eigenvalue weighted by Crippen LogP contribution is 2.28. The van der Waals surface area contributed by atoms with Gasteiger partial charge in [0.1, 0.15) is 11.4 Å². The topological polar surface area (TPSA) is 47.0 Å². The Morgan fingerprint density at radius 3 is 2.79 bits per heavy atom. The fourth-order valence-corrected chi connectivity index (χ4v) is 2.53. The molecule has 19 heavy (non-hydrogen) atoms. The molecule has 2 aromatic heterocycles. The summed E-state index contributed by atoms with van der Waals surface area (Å²) in [6.45, 7) is 0.506. The Hall–Kier alpha value is -2.14. The Bertz CT molecular complexity index is 681. The Morgan fingerprint density at radius 2 is 2.00 bits per heavy atom. The highest BCUT2D eigenvalue weighted by Gasteiger charge is 2.09. The Kier molecular flexibility index (Phi) is 3.29. The van der Waals surface area contributed by atoms with Gasteiger partial charge in [-0.05, 0) is 17.0 Å². The molecule has 1 N–H and O–H groups in total. The largest absolute Gasteiger partial charge is 0.472 e. The van der Waals surface area contributed by atoms with E-state index in [4.69, 9.17) is 4.74 Å². The van der Waals surface area contributed by atoms with Gasteiger partial charge in [-0.1, -0.05) is 30.3 Å². The maximum atomic E-state index is 5.82. The highest BCUT2D eigenvalue weighted by atomic mass is 32.1. The van der Waals surface area contributed by atoms with Gasteiger partial charge in [0, 0.05) is 7.05 Å². The summed E-state index contributed by atoms with van der Waals surface area (Å²) in [4.78, 5) is 9.69. The number of hydrogen-bond donors (Lipinski definition) is 1. The van der Waals surface area contributed by atoms with Crippen LogP contribution in [0.15, 0.2) is 41.8 Å². The molecule has 0 saturated heterocycles. The molecule has 0 saturated carbocycles. The first-order valence-corrected chi connectivity index (χ1v) is 6.84. The standard InChI is InChI=1S/C14H13N3OS/c1-15-14-16-12(11-7-8-19-13(11)17-14)18-9-10-5-3-2-4-6-10/h2-8H,9H2,1H3,(H,15,16,17). The minimum atomic E-state index is 0.506. The molecule has 3 rings (SSSR count). The molecule has 0 spiro atoms. The lowest BCUT2D eigenvalue weighted by molar-refractivity contribution is 0.298. The molecule has 0 aliphatic carbocycles. The van der Waals surface area contributed by atoms with Crippen LogP contribution in [0, 0.1) is 0 Å². The van der Waals surface area contributed by atoms with Crippen LogP contribution in [0.1, 0.15) is 5.56 Å². The maximum Gasteiger partial charge on any atom is 0.227 e. The predicted molar refractivity (Wildman–Crippen MR) is 77.7 cm³/mol. The van der Waals surface area contributed by atoms with Crippen molar-refractivity contribution in [3.8, 4) is 5.88 Å². The van der Waals surface area contributed by atoms with Crippen molar-refractivity contribution in [3.63, 3.8) is 0 Å². The molecule has 0 atom stereocenters. The van der Waals surface area contributed by atoms with Crippen LogP contribution in [-0.2, 0) is 6.61 Å². The van der Waals surface area contributed by atoms with E-state index >= 15 is 0 Å². The Morgan fingerprint density at radius 1 is 1.16 bits per heavy atom. The normalized spacial score (nSPS) is 10.6. The van der Waals surface area contributed by atoms with Gasteiger partial charge in [0.15, 0.2) is 0 Å². The van der Waals surface area contributed by atoms with Crippen LogP contribution in [0.4, 0.5) is 5.95 Å². The van der Waals surface area contributed by atoms with E-state index in [-0.39, 0.29) is 0 Å². The van der Waals surface area contributed by atoms with E-state index in [1.165, 1.54) is 0 Å². The van der Waals surface area contributed by atoms with Crippen LogP contribution in [0.2, 0.25) is 0 Å². The number of nitrogens with one attached hydrogen (secondary N) is 1. The second-order valence-corrected chi connectivity index (χ2v) is 4.91. The van der Waals surface area contributed by atoms with Crippen molar-refractivity contribution in [3.05, 3.63) is 47.3 Å². The van der Waals surface area contributed by atoms with E-state index < -0.39 is 0 Å². The van der Waals surface area contributed by atoms with Crippen LogP contribution in [-0.4, -0.2) is 17.0 Å². The van der Waals surface area contributed by atoms with E-state index in [1.54, 1.807) is 18.4 Å². The predicted octanol–water partition coefficient (Wildman–Crippen LogP) is 3.31. The molecule has 0 aliphatic heterocycles. The maximum absolute atomic E-state index is 5.82. The van der Waals surface area contributed by atoms with Crippen molar-refractivity contribution < 1.29 is 4.74 Å². The van der Waals surface area contributed by atoms with E-state index in [0.717, 1.165) is 15.8 Å². The first kappa shape index (κ1) is 11.9. The zero-order valence-corrected chi connectivity index (χ0v) is 11.3. The van der Waals surface area contributed by atoms with Gasteiger partial charge in [-0.2, -0.15) is 4.98 Å². The molecule has 5 heteroatoms. The zero-order valence-electron chi connectivity index (χ0n) is 10.5. The average Bonchev–Trinajstić information content (AvgIpc) is 2.94. The second kappa shape index (κ2) is 5.24. The van der Waals surface area contributed by atoms with Crippen molar-refractivity contribution in [2.45, 2.75) is 6.61 Å². The molecule has 96 valence electrons. The number of nitrogens with zero attached hydrogens (tertiary/aromatic N) is 2. The molecule has 4 nitrogen and oxygen atoms in total.